The molecule has 0 unspecified atom stereocenters. The zero-order valence-corrected chi connectivity index (χ0v) is 14.0. The van der Waals surface area contributed by atoms with E-state index in [0.29, 0.717) is 16.3 Å². The SMILES string of the molecule is CC(C)NC(=O)NC(=O)COC(=O)CSc1nc2ccccc2o1. The van der Waals surface area contributed by atoms with Crippen LogP contribution in [0.2, 0.25) is 0 Å². The molecule has 1 aromatic carbocycles. The molecule has 24 heavy (non-hydrogen) atoms. The molecule has 2 N–H and O–H groups in total. The highest BCUT2D eigenvalue weighted by Crippen LogP contribution is 2.22. The summed E-state index contributed by atoms with van der Waals surface area (Å²) in [5.74, 6) is -1.37. The molecule has 0 fully saturated rings. The fourth-order valence-corrected chi connectivity index (χ4v) is 2.32. The van der Waals surface area contributed by atoms with Crippen LogP contribution in [0.4, 0.5) is 4.79 Å². The Morgan fingerprint density at radius 3 is 2.75 bits per heavy atom. The molecule has 0 atom stereocenters. The standard InChI is InChI=1S/C15H17N3O5S/c1-9(2)16-14(21)18-12(19)7-22-13(20)8-24-15-17-10-5-3-4-6-11(10)23-15/h3-6,9H,7-8H2,1-2H3,(H2,16,18,19,21). The summed E-state index contributed by atoms with van der Waals surface area (Å²) < 4.78 is 10.2. The number of nitrogens with zero attached hydrogens (tertiary/aromatic N) is 1. The predicted molar refractivity (Wildman–Crippen MR) is 87.5 cm³/mol. The van der Waals surface area contributed by atoms with E-state index in [9.17, 15) is 14.4 Å². The topological polar surface area (TPSA) is 111 Å². The van der Waals surface area contributed by atoms with Crippen LogP contribution in [-0.4, -0.2) is 41.3 Å². The first kappa shape index (κ1) is 17.8. The molecule has 0 aliphatic carbocycles. The minimum absolute atomic E-state index is 0.0572. The Hall–Kier alpha value is -2.55. The minimum Gasteiger partial charge on any atom is -0.455 e. The van der Waals surface area contributed by atoms with Gasteiger partial charge in [-0.1, -0.05) is 23.9 Å². The van der Waals surface area contributed by atoms with Gasteiger partial charge in [0, 0.05) is 6.04 Å². The lowest BCUT2D eigenvalue weighted by Crippen LogP contribution is -2.44. The summed E-state index contributed by atoms with van der Waals surface area (Å²) in [6.07, 6.45) is 0. The lowest BCUT2D eigenvalue weighted by atomic mass is 10.3. The number of esters is 1. The molecule has 1 heterocycles. The Balaban J connectivity index is 1.71. The van der Waals surface area contributed by atoms with E-state index < -0.39 is 24.5 Å². The number of urea groups is 1. The van der Waals surface area contributed by atoms with Crippen molar-refractivity contribution in [3.63, 3.8) is 0 Å². The zero-order chi connectivity index (χ0) is 17.5. The maximum atomic E-state index is 11.6. The van der Waals surface area contributed by atoms with E-state index in [1.54, 1.807) is 26.0 Å². The number of nitrogens with one attached hydrogen (secondary N) is 2. The molecule has 1 aromatic heterocycles. The predicted octanol–water partition coefficient (Wildman–Crippen LogP) is 1.70. The number of carbonyl (C=O) groups excluding carboxylic acids is 3. The molecule has 9 heteroatoms. The lowest BCUT2D eigenvalue weighted by Gasteiger charge is -2.09. The second-order valence-electron chi connectivity index (χ2n) is 5.07. The normalized spacial score (nSPS) is 10.6. The van der Waals surface area contributed by atoms with Crippen LogP contribution in [0.5, 0.6) is 0 Å². The van der Waals surface area contributed by atoms with Crippen molar-refractivity contribution in [3.05, 3.63) is 24.3 Å². The van der Waals surface area contributed by atoms with Gasteiger partial charge in [-0.2, -0.15) is 0 Å². The first-order valence-corrected chi connectivity index (χ1v) is 8.17. The number of imide groups is 1. The van der Waals surface area contributed by atoms with Crippen LogP contribution in [-0.2, 0) is 14.3 Å². The molecule has 0 spiro atoms. The third-order valence-corrected chi connectivity index (χ3v) is 3.43. The van der Waals surface area contributed by atoms with Crippen LogP contribution in [0.15, 0.2) is 33.9 Å². The summed E-state index contributed by atoms with van der Waals surface area (Å²) in [7, 11) is 0. The molecule has 0 aliphatic rings. The third kappa shape index (κ3) is 5.58. The Bertz CT molecular complexity index is 711. The number of rotatable bonds is 6. The quantitative estimate of drug-likeness (QED) is 0.602. The Labute approximate surface area is 142 Å². The smallest absolute Gasteiger partial charge is 0.321 e. The number of aromatic nitrogens is 1. The maximum Gasteiger partial charge on any atom is 0.321 e. The number of para-hydroxylation sites is 2. The van der Waals surface area contributed by atoms with Crippen LogP contribution >= 0.6 is 11.8 Å². The van der Waals surface area contributed by atoms with Crippen molar-refractivity contribution in [2.45, 2.75) is 25.1 Å². The first-order valence-electron chi connectivity index (χ1n) is 7.18. The van der Waals surface area contributed by atoms with Gasteiger partial charge in [-0.05, 0) is 26.0 Å². The molecule has 0 radical (unpaired) electrons. The highest BCUT2D eigenvalue weighted by atomic mass is 32.2. The van der Waals surface area contributed by atoms with E-state index >= 15 is 0 Å². The minimum atomic E-state index is -0.701. The fraction of sp³-hybridized carbons (Fsp3) is 0.333. The molecule has 0 aliphatic heterocycles. The van der Waals surface area contributed by atoms with Gasteiger partial charge < -0.3 is 14.5 Å². The van der Waals surface area contributed by atoms with Crippen LogP contribution in [0.25, 0.3) is 11.1 Å². The Kier molecular flexibility index (Phi) is 6.19. The van der Waals surface area contributed by atoms with Gasteiger partial charge in [-0.15, -0.1) is 0 Å². The first-order chi connectivity index (χ1) is 11.4. The van der Waals surface area contributed by atoms with E-state index in [1.807, 2.05) is 12.1 Å². The average molecular weight is 351 g/mol. The van der Waals surface area contributed by atoms with Crippen molar-refractivity contribution in [1.29, 1.82) is 0 Å². The number of ether oxygens (including phenoxy) is 1. The maximum absolute atomic E-state index is 11.6. The number of hydrogen-bond donors (Lipinski definition) is 2. The summed E-state index contributed by atoms with van der Waals surface area (Å²) in [4.78, 5) is 38.6. The molecule has 3 amide bonds. The van der Waals surface area contributed by atoms with Crippen LogP contribution in [0.3, 0.4) is 0 Å². The van der Waals surface area contributed by atoms with Crippen LogP contribution < -0.4 is 10.6 Å². The van der Waals surface area contributed by atoms with Gasteiger partial charge in [0.05, 0.1) is 0 Å². The summed E-state index contributed by atoms with van der Waals surface area (Å²) in [6, 6.07) is 6.50. The molecule has 2 rings (SSSR count). The summed E-state index contributed by atoms with van der Waals surface area (Å²) in [5, 5.41) is 4.88. The zero-order valence-electron chi connectivity index (χ0n) is 13.2. The average Bonchev–Trinajstić information content (AvgIpc) is 2.93. The van der Waals surface area contributed by atoms with Crippen LogP contribution in [0.1, 0.15) is 13.8 Å². The van der Waals surface area contributed by atoms with Gasteiger partial charge in [-0.25, -0.2) is 9.78 Å². The van der Waals surface area contributed by atoms with Crippen molar-refractivity contribution in [1.82, 2.24) is 15.6 Å². The monoisotopic (exact) mass is 351 g/mol. The Morgan fingerprint density at radius 2 is 2.04 bits per heavy atom. The number of amides is 3. The van der Waals surface area contributed by atoms with Gasteiger partial charge in [0.1, 0.15) is 11.3 Å². The van der Waals surface area contributed by atoms with Crippen LogP contribution in [0, 0.1) is 0 Å². The molecule has 0 saturated carbocycles. The molecular formula is C15H17N3O5S. The van der Waals surface area contributed by atoms with Crippen molar-refractivity contribution >= 4 is 40.8 Å². The molecule has 0 saturated heterocycles. The molecule has 0 bridgehead atoms. The van der Waals surface area contributed by atoms with E-state index in [2.05, 4.69) is 15.6 Å². The molecule has 128 valence electrons. The summed E-state index contributed by atoms with van der Waals surface area (Å²) >= 11 is 1.06. The van der Waals surface area contributed by atoms with Crippen molar-refractivity contribution in [2.24, 2.45) is 0 Å². The van der Waals surface area contributed by atoms with E-state index in [4.69, 9.17) is 9.15 Å². The summed E-state index contributed by atoms with van der Waals surface area (Å²) in [5.41, 5.74) is 1.33. The van der Waals surface area contributed by atoms with Gasteiger partial charge >= 0.3 is 12.0 Å². The van der Waals surface area contributed by atoms with Crippen molar-refractivity contribution in [2.75, 3.05) is 12.4 Å². The summed E-state index contributed by atoms with van der Waals surface area (Å²) in [6.45, 7) is 2.99. The second kappa shape index (κ2) is 8.34. The van der Waals surface area contributed by atoms with Gasteiger partial charge in [-0.3, -0.25) is 14.9 Å². The van der Waals surface area contributed by atoms with Crippen molar-refractivity contribution in [3.8, 4) is 0 Å². The largest absolute Gasteiger partial charge is 0.455 e. The van der Waals surface area contributed by atoms with Gasteiger partial charge in [0.25, 0.3) is 11.1 Å². The number of carbonyl (C=O) groups is 3. The number of hydrogen-bond acceptors (Lipinski definition) is 7. The van der Waals surface area contributed by atoms with E-state index in [1.165, 1.54) is 0 Å². The number of thioether (sulfide) groups is 1. The Morgan fingerprint density at radius 1 is 1.29 bits per heavy atom. The van der Waals surface area contributed by atoms with Gasteiger partial charge in [0.15, 0.2) is 12.2 Å². The molecule has 8 nitrogen and oxygen atoms in total. The lowest BCUT2D eigenvalue weighted by molar-refractivity contribution is -0.145. The highest BCUT2D eigenvalue weighted by molar-refractivity contribution is 7.99. The highest BCUT2D eigenvalue weighted by Gasteiger charge is 2.13. The van der Waals surface area contributed by atoms with Gasteiger partial charge in [0.2, 0.25) is 0 Å². The second-order valence-corrected chi connectivity index (χ2v) is 6.00. The fourth-order valence-electron chi connectivity index (χ4n) is 1.68. The molecular weight excluding hydrogens is 334 g/mol. The van der Waals surface area contributed by atoms with E-state index in [-0.39, 0.29) is 11.8 Å². The van der Waals surface area contributed by atoms with E-state index in [0.717, 1.165) is 11.8 Å². The molecule has 2 aromatic rings. The number of benzene rings is 1. The number of fused-ring (bicyclic) bond motifs is 1. The number of oxazole rings is 1. The van der Waals surface area contributed by atoms with Crippen molar-refractivity contribution < 1.29 is 23.5 Å². The third-order valence-electron chi connectivity index (χ3n) is 2.62.